The molecule has 0 atom stereocenters. The Morgan fingerprint density at radius 1 is 1.44 bits per heavy atom. The molecule has 0 bridgehead atoms. The molecule has 0 fully saturated rings. The van der Waals surface area contributed by atoms with Crippen molar-refractivity contribution in [2.75, 3.05) is 20.4 Å². The fraction of sp³-hybridized carbons (Fsp3) is 0.400. The van der Waals surface area contributed by atoms with E-state index in [0.717, 1.165) is 5.56 Å². The average Bonchev–Trinajstić information content (AvgIpc) is 2.71. The molecule has 0 amide bonds. The quantitative estimate of drug-likeness (QED) is 0.569. The standard InChI is InChI=1S/C10H11NO5/c1-14-8-5-10-9(15-6-16-10)4-7(8)2-3-11(12)13/h4-5H,2-3,6H2,1H3. The summed E-state index contributed by atoms with van der Waals surface area (Å²) in [7, 11) is 1.52. The Hall–Kier alpha value is -1.98. The van der Waals surface area contributed by atoms with Gasteiger partial charge in [0.05, 0.1) is 7.11 Å². The van der Waals surface area contributed by atoms with Gasteiger partial charge in [-0.25, -0.2) is 0 Å². The van der Waals surface area contributed by atoms with Crippen LogP contribution in [0.15, 0.2) is 12.1 Å². The summed E-state index contributed by atoms with van der Waals surface area (Å²) in [6.07, 6.45) is 0.312. The zero-order valence-electron chi connectivity index (χ0n) is 8.76. The van der Waals surface area contributed by atoms with E-state index in [1.165, 1.54) is 7.11 Å². The van der Waals surface area contributed by atoms with Gasteiger partial charge in [-0.05, 0) is 6.07 Å². The Morgan fingerprint density at radius 2 is 2.12 bits per heavy atom. The van der Waals surface area contributed by atoms with Crippen LogP contribution in [0, 0.1) is 10.1 Å². The lowest BCUT2D eigenvalue weighted by molar-refractivity contribution is -0.479. The minimum absolute atomic E-state index is 0.129. The Balaban J connectivity index is 2.25. The highest BCUT2D eigenvalue weighted by Crippen LogP contribution is 2.38. The molecule has 86 valence electrons. The number of nitro groups is 1. The summed E-state index contributed by atoms with van der Waals surface area (Å²) < 4.78 is 15.5. The molecule has 0 saturated heterocycles. The van der Waals surface area contributed by atoms with Gasteiger partial charge in [0.2, 0.25) is 13.3 Å². The van der Waals surface area contributed by atoms with Crippen molar-refractivity contribution in [3.63, 3.8) is 0 Å². The molecule has 6 nitrogen and oxygen atoms in total. The smallest absolute Gasteiger partial charge is 0.231 e. The van der Waals surface area contributed by atoms with E-state index in [-0.39, 0.29) is 18.3 Å². The predicted molar refractivity (Wildman–Crippen MR) is 54.7 cm³/mol. The number of benzene rings is 1. The Morgan fingerprint density at radius 3 is 2.75 bits per heavy atom. The van der Waals surface area contributed by atoms with Crippen molar-refractivity contribution in [1.82, 2.24) is 0 Å². The minimum atomic E-state index is -0.357. The number of fused-ring (bicyclic) bond motifs is 1. The fourth-order valence-corrected chi connectivity index (χ4v) is 1.56. The maximum Gasteiger partial charge on any atom is 0.231 e. The number of nitrogens with zero attached hydrogens (tertiary/aromatic N) is 1. The Bertz CT molecular complexity index is 418. The molecule has 6 heteroatoms. The van der Waals surface area contributed by atoms with Gasteiger partial charge in [-0.3, -0.25) is 10.1 Å². The average molecular weight is 225 g/mol. The molecular weight excluding hydrogens is 214 g/mol. The molecule has 16 heavy (non-hydrogen) atoms. The van der Waals surface area contributed by atoms with E-state index in [9.17, 15) is 10.1 Å². The summed E-state index contributed by atoms with van der Waals surface area (Å²) in [4.78, 5) is 9.96. The fourth-order valence-electron chi connectivity index (χ4n) is 1.56. The first-order valence-corrected chi connectivity index (χ1v) is 4.79. The Labute approximate surface area is 91.9 Å². The monoisotopic (exact) mass is 225 g/mol. The normalized spacial score (nSPS) is 12.6. The first-order valence-electron chi connectivity index (χ1n) is 4.79. The van der Waals surface area contributed by atoms with Gasteiger partial charge in [0.1, 0.15) is 5.75 Å². The van der Waals surface area contributed by atoms with Crippen LogP contribution in [0.5, 0.6) is 17.2 Å². The van der Waals surface area contributed by atoms with Gasteiger partial charge in [0, 0.05) is 23.0 Å². The van der Waals surface area contributed by atoms with Crippen molar-refractivity contribution >= 4 is 0 Å². The van der Waals surface area contributed by atoms with Crippen LogP contribution in [0.1, 0.15) is 5.56 Å². The van der Waals surface area contributed by atoms with Crippen LogP contribution in [0.2, 0.25) is 0 Å². The number of rotatable bonds is 4. The van der Waals surface area contributed by atoms with Crippen LogP contribution >= 0.6 is 0 Å². The summed E-state index contributed by atoms with van der Waals surface area (Å²) in [5.74, 6) is 1.81. The molecule has 1 aliphatic rings. The first kappa shape index (κ1) is 10.5. The van der Waals surface area contributed by atoms with Gasteiger partial charge in [-0.15, -0.1) is 0 Å². The van der Waals surface area contributed by atoms with Crippen molar-refractivity contribution < 1.29 is 19.1 Å². The molecule has 0 spiro atoms. The summed E-state index contributed by atoms with van der Waals surface area (Å²) >= 11 is 0. The van der Waals surface area contributed by atoms with Crippen molar-refractivity contribution in [3.05, 3.63) is 27.8 Å². The second-order valence-electron chi connectivity index (χ2n) is 3.32. The molecule has 1 aromatic carbocycles. The summed E-state index contributed by atoms with van der Waals surface area (Å²) in [6, 6.07) is 3.42. The molecular formula is C10H11NO5. The molecule has 1 aromatic rings. The van der Waals surface area contributed by atoms with Gasteiger partial charge >= 0.3 is 0 Å². The van der Waals surface area contributed by atoms with Gasteiger partial charge in [-0.2, -0.15) is 0 Å². The van der Waals surface area contributed by atoms with Crippen molar-refractivity contribution in [2.24, 2.45) is 0 Å². The summed E-state index contributed by atoms with van der Waals surface area (Å²) in [6.45, 7) is 0.0488. The van der Waals surface area contributed by atoms with E-state index in [2.05, 4.69) is 0 Å². The topological polar surface area (TPSA) is 70.8 Å². The van der Waals surface area contributed by atoms with Crippen LogP contribution in [-0.2, 0) is 6.42 Å². The van der Waals surface area contributed by atoms with E-state index < -0.39 is 0 Å². The largest absolute Gasteiger partial charge is 0.496 e. The maximum atomic E-state index is 10.3. The molecule has 0 radical (unpaired) electrons. The third-order valence-electron chi connectivity index (χ3n) is 2.34. The van der Waals surface area contributed by atoms with E-state index >= 15 is 0 Å². The molecule has 0 unspecified atom stereocenters. The zero-order chi connectivity index (χ0) is 11.5. The van der Waals surface area contributed by atoms with Crippen LogP contribution < -0.4 is 14.2 Å². The lowest BCUT2D eigenvalue weighted by Crippen LogP contribution is -2.05. The van der Waals surface area contributed by atoms with Gasteiger partial charge in [0.25, 0.3) is 0 Å². The highest BCUT2D eigenvalue weighted by molar-refractivity contribution is 5.51. The van der Waals surface area contributed by atoms with E-state index in [1.807, 2.05) is 0 Å². The molecule has 0 N–H and O–H groups in total. The van der Waals surface area contributed by atoms with Crippen LogP contribution in [0.4, 0.5) is 0 Å². The van der Waals surface area contributed by atoms with Crippen LogP contribution in [0.3, 0.4) is 0 Å². The second kappa shape index (κ2) is 4.26. The number of hydrogen-bond acceptors (Lipinski definition) is 5. The second-order valence-corrected chi connectivity index (χ2v) is 3.32. The van der Waals surface area contributed by atoms with Crippen molar-refractivity contribution in [3.8, 4) is 17.2 Å². The molecule has 1 aliphatic heterocycles. The lowest BCUT2D eigenvalue weighted by atomic mass is 10.1. The van der Waals surface area contributed by atoms with E-state index in [4.69, 9.17) is 14.2 Å². The van der Waals surface area contributed by atoms with Crippen molar-refractivity contribution in [2.45, 2.75) is 6.42 Å². The highest BCUT2D eigenvalue weighted by Gasteiger charge is 2.18. The number of methoxy groups -OCH3 is 1. The van der Waals surface area contributed by atoms with Crippen molar-refractivity contribution in [1.29, 1.82) is 0 Å². The van der Waals surface area contributed by atoms with E-state index in [1.54, 1.807) is 12.1 Å². The van der Waals surface area contributed by atoms with Gasteiger partial charge in [0.15, 0.2) is 11.5 Å². The minimum Gasteiger partial charge on any atom is -0.496 e. The van der Waals surface area contributed by atoms with E-state index in [0.29, 0.717) is 23.7 Å². The molecule has 2 rings (SSSR count). The molecule has 1 heterocycles. The van der Waals surface area contributed by atoms with Gasteiger partial charge < -0.3 is 14.2 Å². The maximum absolute atomic E-state index is 10.3. The summed E-state index contributed by atoms with van der Waals surface area (Å²) in [5.41, 5.74) is 0.753. The number of ether oxygens (including phenoxy) is 3. The predicted octanol–water partition coefficient (Wildman–Crippen LogP) is 1.24. The zero-order valence-corrected chi connectivity index (χ0v) is 8.76. The molecule has 0 aliphatic carbocycles. The third kappa shape index (κ3) is 2.00. The SMILES string of the molecule is COc1cc2c(cc1CC[N+](=O)[O-])OCO2. The third-order valence-corrected chi connectivity index (χ3v) is 2.34. The Kier molecular flexibility index (Phi) is 2.80. The first-order chi connectivity index (χ1) is 7.70. The lowest BCUT2D eigenvalue weighted by Gasteiger charge is -2.07. The summed E-state index contributed by atoms with van der Waals surface area (Å²) in [5, 5.41) is 10.3. The van der Waals surface area contributed by atoms with Gasteiger partial charge in [-0.1, -0.05) is 0 Å². The molecule has 0 saturated carbocycles. The van der Waals surface area contributed by atoms with Crippen LogP contribution in [0.25, 0.3) is 0 Å². The molecule has 0 aromatic heterocycles. The van der Waals surface area contributed by atoms with Crippen LogP contribution in [-0.4, -0.2) is 25.4 Å². The highest BCUT2D eigenvalue weighted by atomic mass is 16.7. The number of hydrogen-bond donors (Lipinski definition) is 0.